The van der Waals surface area contributed by atoms with Crippen LogP contribution in [0.3, 0.4) is 0 Å². The molecular weight excluding hydrogens is 1340 g/mol. The van der Waals surface area contributed by atoms with Crippen LogP contribution in [0.4, 0.5) is 0 Å². The van der Waals surface area contributed by atoms with Crippen molar-refractivity contribution >= 4 is 121 Å². The minimum atomic E-state index is -0.280. The molecule has 516 valence electrons. The zero-order valence-corrected chi connectivity index (χ0v) is 55.4. The monoisotopic (exact) mass is 1390 g/mol. The Labute approximate surface area is 593 Å². The predicted octanol–water partition coefficient (Wildman–Crippen LogP) is 12.5. The Balaban J connectivity index is 0.000000109. The van der Waals surface area contributed by atoms with Crippen LogP contribution in [0.1, 0.15) is 0 Å². The van der Waals surface area contributed by atoms with Crippen LogP contribution in [0.2, 0.25) is 0 Å². The number of aromatic nitrogens is 12. The van der Waals surface area contributed by atoms with Crippen LogP contribution in [0.15, 0.2) is 278 Å². The first-order valence-electron chi connectivity index (χ1n) is 32.1. The summed E-state index contributed by atoms with van der Waals surface area (Å²) in [7, 11) is 3.38. The maximum atomic E-state index is 12.3. The Morgan fingerprint density at radius 2 is 0.752 bits per heavy atom. The maximum Gasteiger partial charge on any atom is 0.332 e. The second-order valence-corrected chi connectivity index (χ2v) is 23.2. The molecule has 0 bridgehead atoms. The summed E-state index contributed by atoms with van der Waals surface area (Å²) in [6.45, 7) is 0. The zero-order valence-electron chi connectivity index (χ0n) is 55.4. The van der Waals surface area contributed by atoms with E-state index in [1.165, 1.54) is 67.8 Å². The summed E-state index contributed by atoms with van der Waals surface area (Å²) in [5.41, 5.74) is 9.73. The number of aromatic hydroxyl groups is 7. The molecule has 2 aliphatic rings. The van der Waals surface area contributed by atoms with Gasteiger partial charge in [-0.15, -0.1) is 0 Å². The average molecular weight is 1400 g/mol. The molecule has 7 N–H and O–H groups in total. The number of fused-ring (bicyclic) bond motifs is 12. The van der Waals surface area contributed by atoms with Crippen LogP contribution in [-0.2, 0) is 7.05 Å². The molecule has 1 aliphatic heterocycles. The van der Waals surface area contributed by atoms with E-state index in [4.69, 9.17) is 4.74 Å². The van der Waals surface area contributed by atoms with Gasteiger partial charge in [-0.25, -0.2) is 24.9 Å². The molecule has 105 heavy (non-hydrogen) atoms. The largest absolute Gasteiger partial charge is 0.617 e. The van der Waals surface area contributed by atoms with Gasteiger partial charge in [0, 0.05) is 66.1 Å². The standard InChI is InChI=1S/C13H10N2O4.C13H10N2O.C13H9NO.C12H8N2O4.C12H8N2O.C9H7NO.C8H6N2O/c1-19-11-7-3-5-9-13(11)15(18)8-4-2-6-10(16)12(8)14(9)17;1-15-10-6-3-2-5-9(10)14-13-11(15)7-4-8-12(13)16;15-12-7-3-5-10-8-9-4-1-2-6-11(9)14-13(10)12;15-9-5-1-3-7-11(9)14(18)8-4-2-6-10(16)12(8)13(7)17;15-11-7-3-6-10-12(11)14-9-5-2-1-4-8(9)13-10;11-8-5-1-3-7-4-2-6-10-9(7)8;11-7-3-1-2-6-8(7)10-5-4-9-6/h2-7,16H,1H3;2-8H,1H3;1-8,15H;1-6,15-16H;1-7,15H;1-6,11H;1-5,11H. The molecule has 0 saturated heterocycles. The summed E-state index contributed by atoms with van der Waals surface area (Å²) in [4.78, 5) is 41.3. The number of methoxy groups -OCH3 is 1. The van der Waals surface area contributed by atoms with Crippen molar-refractivity contribution in [3.05, 3.63) is 304 Å². The highest BCUT2D eigenvalue weighted by Crippen LogP contribution is 2.30. The van der Waals surface area contributed by atoms with Gasteiger partial charge >= 0.3 is 22.1 Å². The lowest BCUT2D eigenvalue weighted by Crippen LogP contribution is -2.39. The Kier molecular flexibility index (Phi) is 19.4. The SMILES string of the molecule is COc1cccc2c1[n+]([O-])c1cccc(O)c1[n+]2[O-].Cn1c2cccc(=O)c-2nc2ccccc21.Oc1cccc2cc3ccccc3nc12.Oc1cccc2cccnc12.Oc1cccc2nc3ccccc3nc12.Oc1cccc2nccnc12.[O-][n+]1c2cccc(O)c2[n+]([O-])c2cccc(O)c21. The van der Waals surface area contributed by atoms with Gasteiger partial charge in [0.25, 0.3) is 22.1 Å². The minimum Gasteiger partial charge on any atom is -0.617 e. The molecule has 0 fully saturated rings. The van der Waals surface area contributed by atoms with E-state index in [0.29, 0.717) is 63.5 Å². The number of aryl methyl sites for hydroxylation is 1. The number of hydrogen-bond donors (Lipinski definition) is 7. The van der Waals surface area contributed by atoms with Gasteiger partial charge in [-0.2, -0.15) is 18.9 Å². The van der Waals surface area contributed by atoms with Crippen molar-refractivity contribution in [2.75, 3.05) is 7.11 Å². The highest BCUT2D eigenvalue weighted by molar-refractivity contribution is 5.96. The molecule has 25 nitrogen and oxygen atoms in total. The van der Waals surface area contributed by atoms with Gasteiger partial charge in [0.2, 0.25) is 5.43 Å². The van der Waals surface area contributed by atoms with E-state index in [1.807, 2.05) is 139 Å². The molecule has 0 spiro atoms. The van der Waals surface area contributed by atoms with Gasteiger partial charge < -0.3 is 65.9 Å². The van der Waals surface area contributed by atoms with Gasteiger partial charge in [0.1, 0.15) is 50.8 Å². The van der Waals surface area contributed by atoms with Crippen LogP contribution in [0.5, 0.6) is 46.0 Å². The number of nitrogens with zero attached hydrogens (tertiary/aromatic N) is 12. The van der Waals surface area contributed by atoms with Crippen molar-refractivity contribution in [2.24, 2.45) is 7.05 Å². The number of rotatable bonds is 1. The molecule has 11 aromatic carbocycles. The number of phenolic OH excluding ortho intramolecular Hbond substituents is 7. The van der Waals surface area contributed by atoms with Crippen molar-refractivity contribution in [1.82, 2.24) is 39.5 Å². The third-order valence-corrected chi connectivity index (χ3v) is 16.6. The maximum absolute atomic E-state index is 12.3. The normalized spacial score (nSPS) is 10.8. The molecule has 1 aliphatic carbocycles. The van der Waals surface area contributed by atoms with Crippen LogP contribution in [0.25, 0.3) is 132 Å². The Morgan fingerprint density at radius 1 is 0.333 bits per heavy atom. The number of hydrogen-bond acceptors (Lipinski definition) is 20. The number of ether oxygens (including phenoxy) is 1. The van der Waals surface area contributed by atoms with E-state index >= 15 is 0 Å². The first kappa shape index (κ1) is 68.4. The topological polar surface area (TPSA) is 371 Å². The molecule has 0 unspecified atom stereocenters. The minimum absolute atomic E-state index is 0.000926. The predicted molar refractivity (Wildman–Crippen MR) is 398 cm³/mol. The first-order valence-corrected chi connectivity index (χ1v) is 32.1. The fourth-order valence-electron chi connectivity index (χ4n) is 11.7. The molecule has 0 saturated carbocycles. The average Bonchev–Trinajstić information content (AvgIpc) is 0.645. The van der Waals surface area contributed by atoms with Crippen molar-refractivity contribution in [3.8, 4) is 57.4 Å². The summed E-state index contributed by atoms with van der Waals surface area (Å²) in [5, 5.41) is 119. The van der Waals surface area contributed by atoms with Crippen LogP contribution >= 0.6 is 0 Å². The Bertz CT molecular complexity index is 6260. The van der Waals surface area contributed by atoms with Crippen molar-refractivity contribution in [2.45, 2.75) is 0 Å². The highest BCUT2D eigenvalue weighted by Gasteiger charge is 2.28. The zero-order chi connectivity index (χ0) is 73.4. The van der Waals surface area contributed by atoms with Gasteiger partial charge in [-0.05, 0) is 115 Å². The van der Waals surface area contributed by atoms with E-state index < -0.39 is 0 Å². The lowest BCUT2D eigenvalue weighted by atomic mass is 10.1. The van der Waals surface area contributed by atoms with Gasteiger partial charge in [-0.1, -0.05) is 115 Å². The number of phenols is 7. The van der Waals surface area contributed by atoms with Crippen LogP contribution in [0, 0.1) is 20.8 Å². The second-order valence-electron chi connectivity index (χ2n) is 23.2. The second kappa shape index (κ2) is 29.7. The fourth-order valence-corrected chi connectivity index (χ4v) is 11.7. The van der Waals surface area contributed by atoms with E-state index in [-0.39, 0.29) is 89.8 Å². The summed E-state index contributed by atoms with van der Waals surface area (Å²) in [6, 6.07) is 73.0. The first-order chi connectivity index (χ1) is 51.0. The van der Waals surface area contributed by atoms with Crippen molar-refractivity contribution < 1.29 is 59.4 Å². The van der Waals surface area contributed by atoms with Gasteiger partial charge in [0.15, 0.2) is 23.0 Å². The number of para-hydroxylation sites is 14. The molecule has 19 rings (SSSR count). The summed E-state index contributed by atoms with van der Waals surface area (Å²) >= 11 is 0. The van der Waals surface area contributed by atoms with Crippen molar-refractivity contribution in [3.63, 3.8) is 0 Å². The lowest BCUT2D eigenvalue weighted by Gasteiger charge is -2.13. The summed E-state index contributed by atoms with van der Waals surface area (Å²) < 4.78 is 9.12. The number of benzene rings is 12. The summed E-state index contributed by atoms with van der Waals surface area (Å²) in [6.07, 6.45) is 4.83. The molecule has 0 radical (unpaired) electrons. The summed E-state index contributed by atoms with van der Waals surface area (Å²) in [5.74, 6) is 0.335. The van der Waals surface area contributed by atoms with Crippen molar-refractivity contribution in [1.29, 1.82) is 0 Å². The molecule has 7 heterocycles. The van der Waals surface area contributed by atoms with E-state index in [9.17, 15) is 61.4 Å². The van der Waals surface area contributed by atoms with Crippen LogP contribution in [-0.4, -0.2) is 82.3 Å². The molecule has 0 atom stereocenters. The molecule has 0 amide bonds. The lowest BCUT2D eigenvalue weighted by molar-refractivity contribution is -0.591. The highest BCUT2D eigenvalue weighted by atomic mass is 16.5. The molecule has 25 heteroatoms. The van der Waals surface area contributed by atoms with E-state index in [0.717, 1.165) is 49.4 Å². The Morgan fingerprint density at radius 3 is 1.36 bits per heavy atom. The third kappa shape index (κ3) is 13.9. The third-order valence-electron chi connectivity index (χ3n) is 16.6. The Hall–Kier alpha value is -15.1. The van der Waals surface area contributed by atoms with Gasteiger partial charge in [-0.3, -0.25) is 14.8 Å². The molecular formula is C80H58N12O13. The van der Waals surface area contributed by atoms with E-state index in [2.05, 4.69) is 34.9 Å². The molecule has 6 aromatic heterocycles. The fraction of sp³-hybridized carbons (Fsp3) is 0.0250. The van der Waals surface area contributed by atoms with Gasteiger partial charge in [0.05, 0.1) is 51.4 Å². The number of pyridine rings is 2. The smallest absolute Gasteiger partial charge is 0.332 e. The molecule has 17 aromatic rings. The van der Waals surface area contributed by atoms with E-state index in [1.54, 1.807) is 85.3 Å². The van der Waals surface area contributed by atoms with Crippen LogP contribution < -0.4 is 29.1 Å². The quantitative estimate of drug-likeness (QED) is 0.0456.